The zero-order valence-electron chi connectivity index (χ0n) is 71.2. The number of hydrogen-bond donors (Lipinski definition) is 6. The minimum atomic E-state index is -0.701. The van der Waals surface area contributed by atoms with Gasteiger partial charge in [-0.05, 0) is 142 Å². The number of aromatic nitrogens is 28. The Balaban J connectivity index is 0.000000168. The van der Waals surface area contributed by atoms with Crippen molar-refractivity contribution in [3.8, 4) is 57.8 Å². The maximum atomic E-state index is 11.1. The molecule has 1 aliphatic heterocycles. The van der Waals surface area contributed by atoms with Crippen molar-refractivity contribution < 1.29 is 51.4 Å². The predicted octanol–water partition coefficient (Wildman–Crippen LogP) is 11.6. The molecular formula is C85H107ClN32O11. The number of carbonyl (C=O) groups is 3. The van der Waals surface area contributed by atoms with Crippen molar-refractivity contribution in [2.75, 3.05) is 50.0 Å². The van der Waals surface area contributed by atoms with Gasteiger partial charge in [0.05, 0.1) is 75.3 Å². The fourth-order valence-electron chi connectivity index (χ4n) is 12.8. The van der Waals surface area contributed by atoms with E-state index < -0.39 is 5.60 Å². The Labute approximate surface area is 746 Å². The van der Waals surface area contributed by atoms with Crippen LogP contribution in [0.3, 0.4) is 0 Å². The highest BCUT2D eigenvalue weighted by molar-refractivity contribution is 6.16. The Morgan fingerprint density at radius 1 is 0.512 bits per heavy atom. The van der Waals surface area contributed by atoms with E-state index in [2.05, 4.69) is 111 Å². The largest absolute Gasteiger partial charge is 0.497 e. The fraction of sp³-hybridized carbons (Fsp3) is 0.376. The van der Waals surface area contributed by atoms with Crippen LogP contribution in [0.5, 0.6) is 11.5 Å². The van der Waals surface area contributed by atoms with Crippen molar-refractivity contribution in [3.63, 3.8) is 0 Å². The monoisotopic (exact) mass is 1790 g/mol. The molecule has 43 nitrogen and oxygen atoms in total. The van der Waals surface area contributed by atoms with Gasteiger partial charge in [0, 0.05) is 97.7 Å². The number of nitrogen functional groups attached to an aromatic ring is 3. The Hall–Kier alpha value is -14.9. The normalized spacial score (nSPS) is 11.5. The maximum Gasteiger partial charge on any atom is 0.245 e. The van der Waals surface area contributed by atoms with Crippen molar-refractivity contribution in [1.29, 1.82) is 0 Å². The number of oxazole rings is 4. The van der Waals surface area contributed by atoms with Crippen LogP contribution < -0.4 is 32.0 Å². The molecule has 0 aliphatic carbocycles. The molecular weight excluding hydrogens is 1680 g/mol. The maximum absolute atomic E-state index is 11.1. The smallest absolute Gasteiger partial charge is 0.245 e. The van der Waals surface area contributed by atoms with Gasteiger partial charge in [-0.1, -0.05) is 22.3 Å². The van der Waals surface area contributed by atoms with Gasteiger partial charge in [0.2, 0.25) is 47.4 Å². The number of halogens is 1. The highest BCUT2D eigenvalue weighted by atomic mass is 35.5. The third kappa shape index (κ3) is 24.8. The second-order valence-electron chi connectivity index (χ2n) is 29.8. The molecule has 16 aromatic heterocycles. The summed E-state index contributed by atoms with van der Waals surface area (Å²) in [5.41, 5.74) is 30.2. The van der Waals surface area contributed by atoms with E-state index in [0.717, 1.165) is 81.9 Å². The van der Waals surface area contributed by atoms with Gasteiger partial charge >= 0.3 is 0 Å². The second-order valence-corrected chi connectivity index (χ2v) is 30.1. The van der Waals surface area contributed by atoms with Gasteiger partial charge in [-0.15, -0.1) is 32.0 Å². The minimum absolute atomic E-state index is 0. The van der Waals surface area contributed by atoms with Crippen LogP contribution in [0.4, 0.5) is 23.8 Å². The number of rotatable bonds is 28. The number of alkyl halides is 1. The number of H-pyrrole nitrogens is 1. The van der Waals surface area contributed by atoms with Crippen LogP contribution in [-0.4, -0.2) is 193 Å². The van der Waals surface area contributed by atoms with E-state index in [1.807, 2.05) is 70.7 Å². The van der Waals surface area contributed by atoms with Crippen LogP contribution in [0.2, 0.25) is 0 Å². The Morgan fingerprint density at radius 2 is 0.891 bits per heavy atom. The van der Waals surface area contributed by atoms with Crippen LogP contribution in [0.15, 0.2) is 135 Å². The number of fused-ring (bicyclic) bond motifs is 4. The summed E-state index contributed by atoms with van der Waals surface area (Å²) in [4.78, 5) is 85.3. The molecule has 0 bridgehead atoms. The molecule has 680 valence electrons. The first kappa shape index (κ1) is 96.3. The molecule has 17 heterocycles. The van der Waals surface area contributed by atoms with Crippen molar-refractivity contribution in [2.45, 2.75) is 186 Å². The third-order valence-corrected chi connectivity index (χ3v) is 19.6. The quantitative estimate of drug-likeness (QED) is 0.0248. The SMILES string of the molecule is C.C.C.C1CCOC1.CC(=O)CCc1cn[nH]c1.CC(=O)CCc1cnn(Cc2nc3c(C)c(-c4ncco4)nc(N)n3n2)c1.CC(=O)CCc1cnn(Cc2nc3c(C)c(-c4ncco4)nc(N)n3n2)c1.COc1ccc(CNc2nc(-c3ncco3)c(C)c3nc(CCl)nn23)c(OC)c1.Cc1c(-c2ncco2)nc(N)n2nc(Cn3cc(CCC(C)(C)O)cn3)nc12. The van der Waals surface area contributed by atoms with Crippen LogP contribution in [0.25, 0.3) is 68.9 Å². The summed E-state index contributed by atoms with van der Waals surface area (Å²) in [6.07, 6.45) is 34.5. The molecule has 129 heavy (non-hydrogen) atoms. The molecule has 0 atom stereocenters. The number of hydrogen-bond acceptors (Lipinski definition) is 35. The van der Waals surface area contributed by atoms with E-state index in [1.165, 1.54) is 51.4 Å². The summed E-state index contributed by atoms with van der Waals surface area (Å²) in [5, 5.41) is 50.3. The number of ketones is 3. The van der Waals surface area contributed by atoms with E-state index in [1.54, 1.807) is 117 Å². The summed E-state index contributed by atoms with van der Waals surface area (Å²) in [6.45, 7) is 19.5. The number of aliphatic hydroxyl groups is 1. The number of anilines is 4. The summed E-state index contributed by atoms with van der Waals surface area (Å²) >= 11 is 5.95. The number of nitrogens with zero attached hydrogens (tertiary/aromatic N) is 27. The first-order chi connectivity index (χ1) is 60.7. The molecule has 1 fully saturated rings. The lowest BCUT2D eigenvalue weighted by Gasteiger charge is -2.15. The first-order valence-electron chi connectivity index (χ1n) is 40.0. The zero-order chi connectivity index (χ0) is 89.1. The lowest BCUT2D eigenvalue weighted by molar-refractivity contribution is -0.117. The molecule has 9 N–H and O–H groups in total. The number of nitrogens with two attached hydrogens (primary N) is 3. The molecule has 44 heteroatoms. The summed E-state index contributed by atoms with van der Waals surface area (Å²) in [6, 6.07) is 5.63. The number of carbonyl (C=O) groups excluding carboxylic acids is 3. The number of ether oxygens (including phenoxy) is 3. The average Bonchev–Trinajstić information content (AvgIpc) is 1.65. The van der Waals surface area contributed by atoms with Gasteiger partial charge in [-0.3, -0.25) is 19.1 Å². The molecule has 1 aromatic carbocycles. The van der Waals surface area contributed by atoms with E-state index in [9.17, 15) is 19.5 Å². The number of nitrogens with one attached hydrogen (secondary N) is 2. The predicted molar refractivity (Wildman–Crippen MR) is 478 cm³/mol. The van der Waals surface area contributed by atoms with Gasteiger partial charge in [0.15, 0.2) is 45.9 Å². The lowest BCUT2D eigenvalue weighted by atomic mass is 10.0. The van der Waals surface area contributed by atoms with E-state index in [4.69, 9.17) is 60.7 Å². The summed E-state index contributed by atoms with van der Waals surface area (Å²) < 4.78 is 48.5. The summed E-state index contributed by atoms with van der Waals surface area (Å²) in [5.74, 6) is 6.99. The van der Waals surface area contributed by atoms with Gasteiger partial charge in [-0.25, -0.2) is 59.8 Å². The number of methoxy groups -OCH3 is 2. The molecule has 1 aliphatic rings. The molecule has 17 aromatic rings. The molecule has 0 unspecified atom stereocenters. The number of benzene rings is 1. The minimum Gasteiger partial charge on any atom is -0.497 e. The van der Waals surface area contributed by atoms with Crippen molar-refractivity contribution in [1.82, 2.24) is 138 Å². The van der Waals surface area contributed by atoms with Gasteiger partial charge in [0.25, 0.3) is 0 Å². The van der Waals surface area contributed by atoms with Crippen LogP contribution in [0, 0.1) is 27.7 Å². The van der Waals surface area contributed by atoms with E-state index >= 15 is 0 Å². The molecule has 0 radical (unpaired) electrons. The summed E-state index contributed by atoms with van der Waals surface area (Å²) in [7, 11) is 3.23. The standard InChI is InChI=1S/C19H19ClN6O3.C18H22N8O2.2C17H18N8O2.C7H10N2O.C4H8O.3CH4/c1-11-16(18-21-6-7-29-18)24-19(26-17(11)23-15(9-20)25-26)22-10-12-4-5-13(27-2)8-14(12)28-3;1-11-14(16-20-6-7-28-16)23-17(19)26-15(11)22-13(24-26)10-25-9-12(8-21-25)4-5-18(2,3)27;2*1-10(26)3-4-12-7-20-24(8-12)9-13-21-15-11(2)14(16-19-5-6-27-16)22-17(18)25(15)23-13;1-6(10)2-3-7-4-8-9-5-7;1-2-4-5-3-1;;;/h4-8H,9-10H2,1-3H3,(H,22,24);6-9,27H,4-5,10H2,1-3H3,(H2,19,23);2*5-8H,3-4,9H2,1-2H3,(H2,18,22);4-5H,2-3H2,1H3,(H,8,9);1-4H2;3*1H4. The van der Waals surface area contributed by atoms with Crippen LogP contribution in [0.1, 0.15) is 169 Å². The molecule has 1 saturated heterocycles. The fourth-order valence-corrected chi connectivity index (χ4v) is 12.9. The third-order valence-electron chi connectivity index (χ3n) is 19.4. The second kappa shape index (κ2) is 44.3. The van der Waals surface area contributed by atoms with Gasteiger partial charge < -0.3 is 73.9 Å². The Bertz CT molecular complexity index is 6290. The molecule has 0 amide bonds. The van der Waals surface area contributed by atoms with Crippen LogP contribution >= 0.6 is 11.6 Å². The van der Waals surface area contributed by atoms with Crippen molar-refractivity contribution in [2.24, 2.45) is 0 Å². The number of aromatic amines is 1. The Morgan fingerprint density at radius 3 is 1.23 bits per heavy atom. The molecule has 0 spiro atoms. The zero-order valence-corrected chi connectivity index (χ0v) is 72.0. The molecule has 0 saturated carbocycles. The van der Waals surface area contributed by atoms with Crippen molar-refractivity contribution >= 4 is 75.3 Å². The van der Waals surface area contributed by atoms with E-state index in [-0.39, 0.29) is 63.4 Å². The Kier molecular flexibility index (Phi) is 33.1. The van der Waals surface area contributed by atoms with Crippen LogP contribution in [-0.2, 0) is 76.9 Å². The van der Waals surface area contributed by atoms with Gasteiger partial charge in [0.1, 0.15) is 96.3 Å². The van der Waals surface area contributed by atoms with E-state index in [0.29, 0.717) is 169 Å². The average molecular weight is 1790 g/mol. The number of Topliss-reactive ketones (excluding diaryl/α,β-unsaturated/α-hetero) is 3. The topological polar surface area (TPSA) is 548 Å². The number of aryl methyl sites for hydroxylation is 8. The van der Waals surface area contributed by atoms with Gasteiger partial charge in [-0.2, -0.15) is 38.5 Å². The highest BCUT2D eigenvalue weighted by Gasteiger charge is 2.25. The highest BCUT2D eigenvalue weighted by Crippen LogP contribution is 2.31. The molecule has 18 rings (SSSR count). The van der Waals surface area contributed by atoms with Crippen molar-refractivity contribution in [3.05, 3.63) is 191 Å². The first-order valence-corrected chi connectivity index (χ1v) is 40.5. The lowest BCUT2D eigenvalue weighted by Crippen LogP contribution is -2.19.